The van der Waals surface area contributed by atoms with Crippen LogP contribution >= 0.6 is 11.3 Å². The van der Waals surface area contributed by atoms with Gasteiger partial charge in [0.2, 0.25) is 11.8 Å². The van der Waals surface area contributed by atoms with E-state index in [4.69, 9.17) is 0 Å². The fourth-order valence-electron chi connectivity index (χ4n) is 6.37. The smallest absolute Gasteiger partial charge is 0.234 e. The number of imide groups is 1. The molecule has 4 N–H and O–H groups in total. The van der Waals surface area contributed by atoms with Gasteiger partial charge in [-0.3, -0.25) is 14.5 Å². The Morgan fingerprint density at radius 2 is 1.85 bits per heavy atom. The monoisotopic (exact) mass is 561 g/mol. The Kier molecular flexibility index (Phi) is 8.51. The van der Waals surface area contributed by atoms with E-state index in [-0.39, 0.29) is 43.7 Å². The normalized spacial score (nSPS) is 22.4. The Bertz CT molecular complexity index is 1460. The number of benzene rings is 2. The molecule has 1 fully saturated rings. The molecule has 1 aromatic heterocycles. The van der Waals surface area contributed by atoms with Gasteiger partial charge in [-0.1, -0.05) is 55.0 Å². The quantitative estimate of drug-likeness (QED) is 0.212. The number of hydrogen-bond donors (Lipinski definition) is 4. The fourth-order valence-corrected chi connectivity index (χ4v) is 7.06. The molecule has 2 amide bonds. The predicted molar refractivity (Wildman–Crippen MR) is 155 cm³/mol. The topological polar surface area (TPSA) is 118 Å². The average molecular weight is 562 g/mol. The Labute approximate surface area is 237 Å². The molecule has 0 saturated carbocycles. The summed E-state index contributed by atoms with van der Waals surface area (Å²) in [6, 6.07) is 15.0. The molecule has 0 spiro atoms. The first-order valence-corrected chi connectivity index (χ1v) is 14.6. The van der Waals surface area contributed by atoms with Gasteiger partial charge in [-0.25, -0.2) is 0 Å². The van der Waals surface area contributed by atoms with Crippen molar-refractivity contribution in [3.63, 3.8) is 0 Å². The van der Waals surface area contributed by atoms with Crippen LogP contribution in [0.3, 0.4) is 0 Å². The summed E-state index contributed by atoms with van der Waals surface area (Å²) in [5.41, 5.74) is 3.11. The zero-order chi connectivity index (χ0) is 28.4. The van der Waals surface area contributed by atoms with Gasteiger partial charge in [0.05, 0.1) is 37.7 Å². The highest BCUT2D eigenvalue weighted by Gasteiger charge is 2.54. The minimum Gasteiger partial charge on any atom is -0.507 e. The highest BCUT2D eigenvalue weighted by Crippen LogP contribution is 2.46. The second-order valence-electron chi connectivity index (χ2n) is 10.6. The molecule has 0 bridgehead atoms. The van der Waals surface area contributed by atoms with Crippen LogP contribution in [0.2, 0.25) is 0 Å². The van der Waals surface area contributed by atoms with Crippen molar-refractivity contribution in [1.29, 1.82) is 0 Å². The van der Waals surface area contributed by atoms with E-state index in [1.807, 2.05) is 54.8 Å². The van der Waals surface area contributed by atoms with Crippen molar-refractivity contribution in [2.45, 2.75) is 45.3 Å². The van der Waals surface area contributed by atoms with Crippen LogP contribution in [-0.2, 0) is 16.1 Å². The maximum atomic E-state index is 13.5. The SMILES string of the molecule is CC/C(=C\c1ccc(O)c2ccccc12)CC[C@@H](O)C1=C(CO)C[C@H]2C(=O)N(Cc3cccs3)C(=O)[C@H]2[C@H]1CO. The summed E-state index contributed by atoms with van der Waals surface area (Å²) in [6.07, 6.45) is 2.99. The number of thiophene rings is 1. The van der Waals surface area contributed by atoms with E-state index < -0.39 is 23.9 Å². The van der Waals surface area contributed by atoms with Crippen LogP contribution < -0.4 is 0 Å². The summed E-state index contributed by atoms with van der Waals surface area (Å²) in [7, 11) is 0. The molecule has 7 nitrogen and oxygen atoms in total. The number of hydrogen-bond acceptors (Lipinski definition) is 7. The van der Waals surface area contributed by atoms with Crippen LogP contribution in [0.4, 0.5) is 0 Å². The first kappa shape index (κ1) is 28.2. The fraction of sp³-hybridized carbons (Fsp3) is 0.375. The lowest BCUT2D eigenvalue weighted by atomic mass is 9.68. The highest BCUT2D eigenvalue weighted by atomic mass is 32.1. The van der Waals surface area contributed by atoms with Gasteiger partial charge in [0, 0.05) is 16.2 Å². The maximum absolute atomic E-state index is 13.5. The lowest BCUT2D eigenvalue weighted by molar-refractivity contribution is -0.140. The van der Waals surface area contributed by atoms with Crippen LogP contribution in [0.1, 0.15) is 43.0 Å². The molecule has 0 radical (unpaired) electrons. The van der Waals surface area contributed by atoms with Crippen LogP contribution in [0.5, 0.6) is 5.75 Å². The van der Waals surface area contributed by atoms with E-state index in [0.717, 1.165) is 33.2 Å². The van der Waals surface area contributed by atoms with E-state index in [1.165, 1.54) is 16.2 Å². The number of aromatic hydroxyl groups is 1. The van der Waals surface area contributed by atoms with Crippen molar-refractivity contribution >= 4 is 40.0 Å². The minimum absolute atomic E-state index is 0.198. The first-order valence-electron chi connectivity index (χ1n) is 13.8. The molecule has 1 aliphatic heterocycles. The summed E-state index contributed by atoms with van der Waals surface area (Å²) in [6.45, 7) is 1.52. The third-order valence-corrected chi connectivity index (χ3v) is 9.26. The Balaban J connectivity index is 1.37. The van der Waals surface area contributed by atoms with Gasteiger partial charge < -0.3 is 20.4 Å². The number of likely N-dealkylation sites (tertiary alicyclic amines) is 1. The molecule has 4 atom stereocenters. The molecule has 1 aliphatic carbocycles. The molecule has 210 valence electrons. The second kappa shape index (κ2) is 12.1. The van der Waals surface area contributed by atoms with Crippen molar-refractivity contribution < 1.29 is 30.0 Å². The van der Waals surface area contributed by atoms with Gasteiger partial charge >= 0.3 is 0 Å². The number of amides is 2. The number of phenolic OH excluding ortho intramolecular Hbond substituents is 1. The molecule has 2 heterocycles. The molecule has 2 aromatic carbocycles. The standard InChI is InChI=1S/C32H35NO6S/c1-2-19(14-20-10-12-27(36)24-8-4-3-7-23(20)24)9-11-28(37)29-21(17-34)15-25-30(26(29)18-35)32(39)33(31(25)38)16-22-6-5-13-40-22/h3-8,10,12-14,25-26,28,30,34-37H,2,9,11,15-18H2,1H3/b19-14+/t25-,26+,28-,30-/m1/s1. The Morgan fingerprint density at radius 1 is 1.07 bits per heavy atom. The zero-order valence-corrected chi connectivity index (χ0v) is 23.3. The van der Waals surface area contributed by atoms with E-state index in [1.54, 1.807) is 6.07 Å². The summed E-state index contributed by atoms with van der Waals surface area (Å²) in [5.74, 6) is -2.49. The van der Waals surface area contributed by atoms with Crippen molar-refractivity contribution in [3.8, 4) is 5.75 Å². The van der Waals surface area contributed by atoms with Crippen molar-refractivity contribution in [1.82, 2.24) is 4.90 Å². The van der Waals surface area contributed by atoms with Crippen LogP contribution in [0, 0.1) is 17.8 Å². The van der Waals surface area contributed by atoms with E-state index >= 15 is 0 Å². The predicted octanol–water partition coefficient (Wildman–Crippen LogP) is 4.64. The zero-order valence-electron chi connectivity index (χ0n) is 22.5. The highest BCUT2D eigenvalue weighted by molar-refractivity contribution is 7.09. The van der Waals surface area contributed by atoms with Gasteiger partial charge in [0.25, 0.3) is 0 Å². The van der Waals surface area contributed by atoms with Crippen LogP contribution in [-0.4, -0.2) is 56.5 Å². The Hall–Kier alpha value is -3.30. The molecule has 8 heteroatoms. The van der Waals surface area contributed by atoms with Crippen molar-refractivity contribution in [3.05, 3.63) is 81.1 Å². The lowest BCUT2D eigenvalue weighted by Crippen LogP contribution is -2.39. The summed E-state index contributed by atoms with van der Waals surface area (Å²) < 4.78 is 0. The van der Waals surface area contributed by atoms with Gasteiger partial charge in [0.1, 0.15) is 5.75 Å². The molecule has 3 aromatic rings. The van der Waals surface area contributed by atoms with Gasteiger partial charge in [-0.15, -0.1) is 11.3 Å². The number of fused-ring (bicyclic) bond motifs is 2. The van der Waals surface area contributed by atoms with Crippen LogP contribution in [0.15, 0.2) is 70.6 Å². The number of allylic oxidation sites excluding steroid dienone is 1. The number of carbonyl (C=O) groups is 2. The van der Waals surface area contributed by atoms with Crippen molar-refractivity contribution in [2.75, 3.05) is 13.2 Å². The maximum Gasteiger partial charge on any atom is 0.234 e. The molecule has 0 unspecified atom stereocenters. The number of nitrogens with zero attached hydrogens (tertiary/aromatic N) is 1. The molecule has 5 rings (SSSR count). The van der Waals surface area contributed by atoms with Gasteiger partial charge in [-0.2, -0.15) is 0 Å². The van der Waals surface area contributed by atoms with E-state index in [2.05, 4.69) is 6.08 Å². The third-order valence-electron chi connectivity index (χ3n) is 8.40. The number of aliphatic hydroxyl groups is 3. The first-order chi connectivity index (χ1) is 19.4. The number of phenols is 1. The summed E-state index contributed by atoms with van der Waals surface area (Å²) >= 11 is 1.47. The Morgan fingerprint density at radius 3 is 2.52 bits per heavy atom. The molecule has 1 saturated heterocycles. The lowest BCUT2D eigenvalue weighted by Gasteiger charge is -2.36. The number of carbonyl (C=O) groups excluding carboxylic acids is 2. The van der Waals surface area contributed by atoms with E-state index in [0.29, 0.717) is 24.0 Å². The van der Waals surface area contributed by atoms with Gasteiger partial charge in [-0.05, 0) is 65.3 Å². The number of aliphatic hydroxyl groups excluding tert-OH is 3. The summed E-state index contributed by atoms with van der Waals surface area (Å²) in [4.78, 5) is 28.9. The molecule has 40 heavy (non-hydrogen) atoms. The van der Waals surface area contributed by atoms with Crippen LogP contribution in [0.25, 0.3) is 16.8 Å². The second-order valence-corrected chi connectivity index (χ2v) is 11.6. The molecular formula is C32H35NO6S. The molecular weight excluding hydrogens is 526 g/mol. The van der Waals surface area contributed by atoms with Gasteiger partial charge in [0.15, 0.2) is 0 Å². The third kappa shape index (κ3) is 5.24. The minimum atomic E-state index is -0.971. The molecule has 2 aliphatic rings. The average Bonchev–Trinajstić information content (AvgIpc) is 3.58. The van der Waals surface area contributed by atoms with E-state index in [9.17, 15) is 30.0 Å². The summed E-state index contributed by atoms with van der Waals surface area (Å²) in [5, 5.41) is 45.9. The van der Waals surface area contributed by atoms with Crippen molar-refractivity contribution in [2.24, 2.45) is 17.8 Å². The largest absolute Gasteiger partial charge is 0.507 e. The number of rotatable bonds is 10.